The predicted molar refractivity (Wildman–Crippen MR) is 124 cm³/mol. The van der Waals surface area contributed by atoms with Crippen molar-refractivity contribution >= 4 is 55.1 Å². The molecule has 0 aliphatic rings. The Morgan fingerprint density at radius 3 is 2.57 bits per heavy atom. The molecule has 5 rings (SSSR count). The van der Waals surface area contributed by atoms with Gasteiger partial charge in [0.2, 0.25) is 5.91 Å². The Kier molecular flexibility index (Phi) is 5.13. The average molecular weight is 429 g/mol. The van der Waals surface area contributed by atoms with E-state index in [9.17, 15) is 4.79 Å². The highest BCUT2D eigenvalue weighted by Gasteiger charge is 2.09. The number of para-hydroxylation sites is 1. The summed E-state index contributed by atoms with van der Waals surface area (Å²) in [5.74, 6) is 0.138. The lowest BCUT2D eigenvalue weighted by Crippen LogP contribution is -2.13. The van der Waals surface area contributed by atoms with Crippen LogP contribution in [0.4, 0.5) is 5.13 Å². The number of nitrogens with zero attached hydrogens (tertiary/aromatic N) is 3. The molecule has 0 atom stereocenters. The molecule has 0 unspecified atom stereocenters. The molecule has 0 aliphatic carbocycles. The van der Waals surface area contributed by atoms with Crippen LogP contribution >= 0.6 is 23.1 Å². The monoisotopic (exact) mass is 428 g/mol. The van der Waals surface area contributed by atoms with Crippen LogP contribution in [0.3, 0.4) is 0 Å². The highest BCUT2D eigenvalue weighted by molar-refractivity contribution is 7.99. The maximum Gasteiger partial charge on any atom is 0.236 e. The van der Waals surface area contributed by atoms with Gasteiger partial charge < -0.3 is 5.32 Å². The van der Waals surface area contributed by atoms with E-state index in [0.29, 0.717) is 10.2 Å². The summed E-state index contributed by atoms with van der Waals surface area (Å²) in [4.78, 5) is 16.7. The molecule has 0 spiro atoms. The molecule has 7 heteroatoms. The van der Waals surface area contributed by atoms with Crippen molar-refractivity contribution in [1.82, 2.24) is 15.2 Å². The zero-order valence-electron chi connectivity index (χ0n) is 15.8. The van der Waals surface area contributed by atoms with Crippen molar-refractivity contribution in [1.29, 1.82) is 0 Å². The molecule has 146 valence electrons. The number of benzene rings is 3. The van der Waals surface area contributed by atoms with Gasteiger partial charge in [-0.3, -0.25) is 4.79 Å². The zero-order chi connectivity index (χ0) is 20.3. The Balaban J connectivity index is 1.22. The van der Waals surface area contributed by atoms with Crippen LogP contribution in [0, 0.1) is 0 Å². The number of thiazole rings is 1. The maximum absolute atomic E-state index is 12.3. The van der Waals surface area contributed by atoms with Gasteiger partial charge in [-0.15, -0.1) is 10.2 Å². The number of aromatic nitrogens is 3. The van der Waals surface area contributed by atoms with Gasteiger partial charge in [0.1, 0.15) is 5.03 Å². The van der Waals surface area contributed by atoms with Gasteiger partial charge in [-0.25, -0.2) is 4.98 Å². The lowest BCUT2D eigenvalue weighted by molar-refractivity contribution is -0.113. The van der Waals surface area contributed by atoms with Crippen molar-refractivity contribution in [2.75, 3.05) is 11.1 Å². The first-order chi connectivity index (χ1) is 14.7. The van der Waals surface area contributed by atoms with E-state index in [4.69, 9.17) is 0 Å². The molecular weight excluding hydrogens is 412 g/mol. The Hall–Kier alpha value is -3.29. The topological polar surface area (TPSA) is 67.8 Å². The van der Waals surface area contributed by atoms with Gasteiger partial charge in [0.05, 0.1) is 21.7 Å². The summed E-state index contributed by atoms with van der Waals surface area (Å²) in [5.41, 5.74) is 2.72. The lowest BCUT2D eigenvalue weighted by Gasteiger charge is -2.04. The van der Waals surface area contributed by atoms with Crippen LogP contribution in [0.1, 0.15) is 0 Å². The quantitative estimate of drug-likeness (QED) is 0.367. The Morgan fingerprint density at radius 1 is 0.900 bits per heavy atom. The fourth-order valence-electron chi connectivity index (χ4n) is 3.12. The second kappa shape index (κ2) is 8.22. The van der Waals surface area contributed by atoms with Crippen LogP contribution in [-0.4, -0.2) is 26.8 Å². The van der Waals surface area contributed by atoms with Gasteiger partial charge in [-0.1, -0.05) is 71.6 Å². The summed E-state index contributed by atoms with van der Waals surface area (Å²) in [6.45, 7) is 0. The molecule has 5 aromatic rings. The summed E-state index contributed by atoms with van der Waals surface area (Å²) in [6.07, 6.45) is 0. The second-order valence-corrected chi connectivity index (χ2v) is 8.67. The molecule has 2 heterocycles. The number of fused-ring (bicyclic) bond motifs is 2. The minimum Gasteiger partial charge on any atom is -0.301 e. The molecular formula is C23H16N4OS2. The smallest absolute Gasteiger partial charge is 0.236 e. The van der Waals surface area contributed by atoms with E-state index >= 15 is 0 Å². The highest BCUT2D eigenvalue weighted by Crippen LogP contribution is 2.26. The number of nitrogens with one attached hydrogen (secondary N) is 1. The normalized spacial score (nSPS) is 11.1. The van der Waals surface area contributed by atoms with Crippen LogP contribution in [0.2, 0.25) is 0 Å². The van der Waals surface area contributed by atoms with Crippen LogP contribution in [0.25, 0.3) is 32.2 Å². The summed E-state index contributed by atoms with van der Waals surface area (Å²) >= 11 is 2.82. The summed E-state index contributed by atoms with van der Waals surface area (Å²) in [7, 11) is 0. The van der Waals surface area contributed by atoms with E-state index < -0.39 is 0 Å². The van der Waals surface area contributed by atoms with E-state index in [1.807, 2.05) is 54.6 Å². The number of rotatable bonds is 5. The van der Waals surface area contributed by atoms with Gasteiger partial charge >= 0.3 is 0 Å². The minimum absolute atomic E-state index is 0.112. The predicted octanol–water partition coefficient (Wildman–Crippen LogP) is 5.64. The van der Waals surface area contributed by atoms with E-state index in [1.165, 1.54) is 33.9 Å². The van der Waals surface area contributed by atoms with E-state index in [1.54, 1.807) is 0 Å². The Morgan fingerprint density at radius 2 is 1.73 bits per heavy atom. The van der Waals surface area contributed by atoms with Crippen molar-refractivity contribution in [2.45, 2.75) is 5.03 Å². The number of hydrogen-bond donors (Lipinski definition) is 1. The van der Waals surface area contributed by atoms with Gasteiger partial charge in [0.15, 0.2) is 5.13 Å². The van der Waals surface area contributed by atoms with Gasteiger partial charge in [0, 0.05) is 5.56 Å². The molecule has 5 nitrogen and oxygen atoms in total. The number of hydrogen-bond acceptors (Lipinski definition) is 6. The standard InChI is InChI=1S/C23H16N4OS2/c28-21(25-23-24-19-7-3-4-8-20(19)30-23)14-29-22-12-11-18(26-27-22)17-10-9-15-5-1-2-6-16(15)13-17/h1-13H,14H2,(H,24,25,28). The molecule has 30 heavy (non-hydrogen) atoms. The van der Waals surface area contributed by atoms with Crippen LogP contribution < -0.4 is 5.32 Å². The zero-order valence-corrected chi connectivity index (χ0v) is 17.4. The van der Waals surface area contributed by atoms with Crippen LogP contribution in [-0.2, 0) is 4.79 Å². The average Bonchev–Trinajstić information content (AvgIpc) is 3.20. The molecule has 3 aromatic carbocycles. The number of carbonyl (C=O) groups excluding carboxylic acids is 1. The van der Waals surface area contributed by atoms with Crippen LogP contribution in [0.15, 0.2) is 83.9 Å². The first-order valence-corrected chi connectivity index (χ1v) is 11.2. The van der Waals surface area contributed by atoms with Crippen LogP contribution in [0.5, 0.6) is 0 Å². The van der Waals surface area contributed by atoms with E-state index in [0.717, 1.165) is 21.5 Å². The third-order valence-corrected chi connectivity index (χ3v) is 6.45. The Labute approximate surface area is 181 Å². The first-order valence-electron chi connectivity index (χ1n) is 9.36. The molecule has 0 saturated carbocycles. The molecule has 0 radical (unpaired) electrons. The summed E-state index contributed by atoms with van der Waals surface area (Å²) in [5, 5.41) is 15.1. The molecule has 0 aliphatic heterocycles. The fraction of sp³-hybridized carbons (Fsp3) is 0.0435. The first kappa shape index (κ1) is 18.7. The Bertz CT molecular complexity index is 1320. The lowest BCUT2D eigenvalue weighted by atomic mass is 10.1. The number of anilines is 1. The van der Waals surface area contributed by atoms with Crippen molar-refractivity contribution in [3.63, 3.8) is 0 Å². The van der Waals surface area contributed by atoms with Crippen molar-refractivity contribution in [3.8, 4) is 11.3 Å². The largest absolute Gasteiger partial charge is 0.301 e. The third kappa shape index (κ3) is 4.03. The molecule has 2 aromatic heterocycles. The van der Waals surface area contributed by atoms with E-state index in [-0.39, 0.29) is 11.7 Å². The SMILES string of the molecule is O=C(CSc1ccc(-c2ccc3ccccc3c2)nn1)Nc1nc2ccccc2s1. The molecule has 0 saturated heterocycles. The van der Waals surface area contributed by atoms with Crippen molar-refractivity contribution < 1.29 is 4.79 Å². The molecule has 0 fully saturated rings. The number of amides is 1. The summed E-state index contributed by atoms with van der Waals surface area (Å²) in [6, 6.07) is 26.1. The highest BCUT2D eigenvalue weighted by atomic mass is 32.2. The minimum atomic E-state index is -0.112. The van der Waals surface area contributed by atoms with Gasteiger partial charge in [-0.2, -0.15) is 0 Å². The van der Waals surface area contributed by atoms with E-state index in [2.05, 4.69) is 44.8 Å². The summed E-state index contributed by atoms with van der Waals surface area (Å²) < 4.78 is 1.05. The van der Waals surface area contributed by atoms with Gasteiger partial charge in [0.25, 0.3) is 0 Å². The molecule has 0 bridgehead atoms. The van der Waals surface area contributed by atoms with Crippen molar-refractivity contribution in [2.24, 2.45) is 0 Å². The maximum atomic E-state index is 12.3. The molecule has 1 N–H and O–H groups in total. The fourth-order valence-corrected chi connectivity index (χ4v) is 4.62. The third-order valence-electron chi connectivity index (χ3n) is 4.58. The van der Waals surface area contributed by atoms with Gasteiger partial charge in [-0.05, 0) is 41.1 Å². The number of thioether (sulfide) groups is 1. The molecule has 1 amide bonds. The number of carbonyl (C=O) groups is 1. The van der Waals surface area contributed by atoms with Crippen molar-refractivity contribution in [3.05, 3.63) is 78.9 Å². The second-order valence-electron chi connectivity index (χ2n) is 6.64.